The molecule has 4 rings (SSSR count). The first-order chi connectivity index (χ1) is 12.5. The van der Waals surface area contributed by atoms with Crippen molar-refractivity contribution >= 4 is 16.9 Å². The number of benzene rings is 1. The molecule has 0 saturated carbocycles. The van der Waals surface area contributed by atoms with Gasteiger partial charge in [0.1, 0.15) is 5.75 Å². The molecule has 2 aromatic heterocycles. The van der Waals surface area contributed by atoms with E-state index in [1.165, 1.54) is 0 Å². The highest BCUT2D eigenvalue weighted by molar-refractivity contribution is 5.87. The van der Waals surface area contributed by atoms with Gasteiger partial charge < -0.3 is 21.1 Å². The van der Waals surface area contributed by atoms with Crippen molar-refractivity contribution in [1.82, 2.24) is 24.9 Å². The first-order valence-corrected chi connectivity index (χ1v) is 8.44. The highest BCUT2D eigenvalue weighted by atomic mass is 16.5. The lowest BCUT2D eigenvalue weighted by Gasteiger charge is -2.32. The minimum atomic E-state index is -1.44. The fourth-order valence-corrected chi connectivity index (χ4v) is 3.42. The number of nitrogen functional groups attached to an aromatic ring is 1. The van der Waals surface area contributed by atoms with Crippen LogP contribution in [0, 0.1) is 0 Å². The summed E-state index contributed by atoms with van der Waals surface area (Å²) >= 11 is 0. The number of hydrogen-bond donors (Lipinski definition) is 4. The minimum absolute atomic E-state index is 0.0752. The molecule has 0 atom stereocenters. The van der Waals surface area contributed by atoms with Crippen LogP contribution in [-0.2, 0) is 0 Å². The van der Waals surface area contributed by atoms with Crippen LogP contribution in [0.25, 0.3) is 22.3 Å². The summed E-state index contributed by atoms with van der Waals surface area (Å²) in [6.45, 7) is 1.10. The number of anilines is 1. The largest absolute Gasteiger partial charge is 0.507 e. The van der Waals surface area contributed by atoms with Gasteiger partial charge in [0.2, 0.25) is 6.41 Å². The summed E-state index contributed by atoms with van der Waals surface area (Å²) < 4.78 is 1.84. The Kier molecular flexibility index (Phi) is 4.19. The van der Waals surface area contributed by atoms with Gasteiger partial charge in [-0.05, 0) is 31.0 Å². The van der Waals surface area contributed by atoms with Crippen LogP contribution in [0.3, 0.4) is 0 Å². The Morgan fingerprint density at radius 2 is 1.85 bits per heavy atom. The highest BCUT2D eigenvalue weighted by Gasteiger charge is 2.26. The number of aliphatic hydroxyl groups excluding tert-OH is 1. The first-order valence-electron chi connectivity index (χ1n) is 8.44. The zero-order valence-corrected chi connectivity index (χ0v) is 14.0. The van der Waals surface area contributed by atoms with Crippen molar-refractivity contribution in [2.45, 2.75) is 25.3 Å². The summed E-state index contributed by atoms with van der Waals surface area (Å²) in [7, 11) is 0. The third-order valence-corrected chi connectivity index (χ3v) is 4.83. The number of nitrogens with zero attached hydrogens (tertiary/aromatic N) is 5. The van der Waals surface area contributed by atoms with Crippen molar-refractivity contribution in [2.24, 2.45) is 0 Å². The predicted molar refractivity (Wildman–Crippen MR) is 94.9 cm³/mol. The quantitative estimate of drug-likeness (QED) is 0.504. The smallest absolute Gasteiger partial charge is 0.213 e. The summed E-state index contributed by atoms with van der Waals surface area (Å²) in [4.78, 5) is 1.60. The molecule has 1 saturated heterocycles. The summed E-state index contributed by atoms with van der Waals surface area (Å²) in [6.07, 6.45) is -0.0154. The Labute approximate surface area is 149 Å². The molecule has 9 heteroatoms. The maximum absolute atomic E-state index is 10.1. The number of para-hydroxylation sites is 1. The van der Waals surface area contributed by atoms with Crippen LogP contribution in [0.15, 0.2) is 30.3 Å². The molecule has 1 aliphatic rings. The standard InChI is InChI=1S/C17H20N6O3/c18-16-15-13(9-12(19-20-15)11-3-1-2-4-14(11)24)23(21-16)10-5-7-22(8-6-10)17(25)26/h1-4,9-10,17,24-26H,5-8H2,(H2,18,21). The maximum atomic E-state index is 10.1. The zero-order valence-electron chi connectivity index (χ0n) is 14.0. The number of nitrogens with two attached hydrogens (primary N) is 1. The van der Waals surface area contributed by atoms with Crippen LogP contribution in [-0.4, -0.2) is 59.7 Å². The topological polar surface area (TPSA) is 134 Å². The van der Waals surface area contributed by atoms with Gasteiger partial charge in [-0.2, -0.15) is 5.10 Å². The van der Waals surface area contributed by atoms with Gasteiger partial charge in [-0.25, -0.2) is 0 Å². The van der Waals surface area contributed by atoms with Gasteiger partial charge in [-0.15, -0.1) is 10.2 Å². The van der Waals surface area contributed by atoms with E-state index in [0.29, 0.717) is 48.5 Å². The van der Waals surface area contributed by atoms with Gasteiger partial charge in [0.05, 0.1) is 17.3 Å². The number of fused-ring (bicyclic) bond motifs is 1. The van der Waals surface area contributed by atoms with E-state index in [4.69, 9.17) is 5.73 Å². The van der Waals surface area contributed by atoms with E-state index in [2.05, 4.69) is 15.3 Å². The molecular weight excluding hydrogens is 336 g/mol. The Morgan fingerprint density at radius 3 is 2.54 bits per heavy atom. The second kappa shape index (κ2) is 6.52. The second-order valence-electron chi connectivity index (χ2n) is 6.42. The molecular formula is C17H20N6O3. The van der Waals surface area contributed by atoms with Crippen LogP contribution < -0.4 is 5.73 Å². The molecule has 0 spiro atoms. The molecule has 26 heavy (non-hydrogen) atoms. The summed E-state index contributed by atoms with van der Waals surface area (Å²) in [5, 5.41) is 41.5. The fourth-order valence-electron chi connectivity index (χ4n) is 3.42. The Bertz CT molecular complexity index is 933. The SMILES string of the molecule is Nc1nn(C2CCN(C(O)O)CC2)c2cc(-c3ccccc3O)nnc12. The van der Waals surface area contributed by atoms with E-state index in [0.717, 1.165) is 5.52 Å². The number of phenolic OH excluding ortho intramolecular Hbond substituents is 1. The molecule has 9 nitrogen and oxygen atoms in total. The van der Waals surface area contributed by atoms with Gasteiger partial charge in [0.15, 0.2) is 11.3 Å². The van der Waals surface area contributed by atoms with Crippen molar-refractivity contribution in [3.05, 3.63) is 30.3 Å². The molecule has 3 heterocycles. The number of likely N-dealkylation sites (tertiary alicyclic amines) is 1. The van der Waals surface area contributed by atoms with Crippen LogP contribution in [0.2, 0.25) is 0 Å². The summed E-state index contributed by atoms with van der Waals surface area (Å²) in [6, 6.07) is 8.85. The minimum Gasteiger partial charge on any atom is -0.507 e. The average Bonchev–Trinajstić information content (AvgIpc) is 2.98. The van der Waals surface area contributed by atoms with Crippen LogP contribution in [0.1, 0.15) is 18.9 Å². The summed E-state index contributed by atoms with van der Waals surface area (Å²) in [5.41, 5.74) is 8.41. The van der Waals surface area contributed by atoms with Gasteiger partial charge >= 0.3 is 0 Å². The second-order valence-corrected chi connectivity index (χ2v) is 6.42. The lowest BCUT2D eigenvalue weighted by Crippen LogP contribution is -2.41. The Balaban J connectivity index is 1.72. The number of aromatic hydroxyl groups is 1. The van der Waals surface area contributed by atoms with Crippen molar-refractivity contribution in [2.75, 3.05) is 18.8 Å². The van der Waals surface area contributed by atoms with Gasteiger partial charge in [-0.3, -0.25) is 9.58 Å². The number of piperidine rings is 1. The molecule has 0 unspecified atom stereocenters. The molecule has 3 aromatic rings. The lowest BCUT2D eigenvalue weighted by atomic mass is 10.1. The van der Waals surface area contributed by atoms with E-state index in [9.17, 15) is 15.3 Å². The van der Waals surface area contributed by atoms with E-state index in [1.807, 2.05) is 16.8 Å². The third-order valence-electron chi connectivity index (χ3n) is 4.83. The number of aromatic nitrogens is 4. The van der Waals surface area contributed by atoms with Crippen molar-refractivity contribution in [3.63, 3.8) is 0 Å². The molecule has 0 bridgehead atoms. The fraction of sp³-hybridized carbons (Fsp3) is 0.353. The first kappa shape index (κ1) is 16.7. The number of phenols is 1. The van der Waals surface area contributed by atoms with Crippen molar-refractivity contribution < 1.29 is 15.3 Å². The molecule has 136 valence electrons. The molecule has 0 amide bonds. The van der Waals surface area contributed by atoms with Gasteiger partial charge in [-0.1, -0.05) is 12.1 Å². The predicted octanol–water partition coefficient (Wildman–Crippen LogP) is 0.686. The monoisotopic (exact) mass is 356 g/mol. The van der Waals surface area contributed by atoms with E-state index >= 15 is 0 Å². The van der Waals surface area contributed by atoms with E-state index in [-0.39, 0.29) is 11.8 Å². The normalized spacial score (nSPS) is 16.6. The van der Waals surface area contributed by atoms with Crippen LogP contribution in [0.4, 0.5) is 5.82 Å². The molecule has 5 N–H and O–H groups in total. The van der Waals surface area contributed by atoms with Crippen LogP contribution in [0.5, 0.6) is 5.75 Å². The van der Waals surface area contributed by atoms with E-state index in [1.54, 1.807) is 23.1 Å². The molecule has 1 aliphatic heterocycles. The third kappa shape index (κ3) is 2.85. The Hall–Kier alpha value is -2.75. The Morgan fingerprint density at radius 1 is 1.12 bits per heavy atom. The highest BCUT2D eigenvalue weighted by Crippen LogP contribution is 2.32. The van der Waals surface area contributed by atoms with E-state index < -0.39 is 6.41 Å². The molecule has 1 aromatic carbocycles. The number of rotatable bonds is 3. The molecule has 0 radical (unpaired) electrons. The lowest BCUT2D eigenvalue weighted by molar-refractivity contribution is -0.162. The average molecular weight is 356 g/mol. The maximum Gasteiger partial charge on any atom is 0.213 e. The summed E-state index contributed by atoms with van der Waals surface area (Å²) in [5.74, 6) is 0.436. The molecule has 1 fully saturated rings. The van der Waals surface area contributed by atoms with Gasteiger partial charge in [0.25, 0.3) is 0 Å². The molecule has 0 aliphatic carbocycles. The van der Waals surface area contributed by atoms with Gasteiger partial charge in [0, 0.05) is 18.7 Å². The van der Waals surface area contributed by atoms with Crippen LogP contribution >= 0.6 is 0 Å². The zero-order chi connectivity index (χ0) is 18.3. The number of aliphatic hydroxyl groups is 2. The van der Waals surface area contributed by atoms with Crippen molar-refractivity contribution in [3.8, 4) is 17.0 Å². The number of hydrogen-bond acceptors (Lipinski definition) is 8. The van der Waals surface area contributed by atoms with Crippen molar-refractivity contribution in [1.29, 1.82) is 0 Å².